The summed E-state index contributed by atoms with van der Waals surface area (Å²) in [5.41, 5.74) is 10.0. The minimum Gasteiger partial charge on any atom is -0.358 e. The number of aryl methyl sites for hydroxylation is 1. The fourth-order valence-corrected chi connectivity index (χ4v) is 2.27. The van der Waals surface area contributed by atoms with Gasteiger partial charge in [0.05, 0.1) is 0 Å². The lowest BCUT2D eigenvalue weighted by Gasteiger charge is -2.19. The Balaban J connectivity index is 2.54. The Bertz CT molecular complexity index is 484. The Labute approximate surface area is 96.9 Å². The van der Waals surface area contributed by atoms with Crippen LogP contribution in [-0.4, -0.2) is 4.98 Å². The lowest BCUT2D eigenvalue weighted by Crippen LogP contribution is -2.19. The number of benzene rings is 1. The topological polar surface area (TPSA) is 41.8 Å². The van der Waals surface area contributed by atoms with Gasteiger partial charge < -0.3 is 10.7 Å². The lowest BCUT2D eigenvalue weighted by molar-refractivity contribution is 0.457. The van der Waals surface area contributed by atoms with E-state index >= 15 is 0 Å². The molecule has 2 atom stereocenters. The summed E-state index contributed by atoms with van der Waals surface area (Å²) in [6.07, 6.45) is 1.11. The van der Waals surface area contributed by atoms with Gasteiger partial charge in [0, 0.05) is 22.6 Å². The molecule has 0 amide bonds. The standard InChI is InChI=1S/C14H20N2/c1-4-9(2)14(15)13-10(3)16-12-8-6-5-7-11(12)13/h5-9,14,16H,4,15H2,1-3H3/t9?,14-/m1/s1. The van der Waals surface area contributed by atoms with Crippen molar-refractivity contribution in [2.24, 2.45) is 11.7 Å². The van der Waals surface area contributed by atoms with Crippen molar-refractivity contribution in [2.75, 3.05) is 0 Å². The smallest absolute Gasteiger partial charge is 0.0459 e. The van der Waals surface area contributed by atoms with E-state index in [2.05, 4.69) is 50.0 Å². The Hall–Kier alpha value is -1.28. The van der Waals surface area contributed by atoms with Crippen LogP contribution in [0.2, 0.25) is 0 Å². The number of aromatic nitrogens is 1. The monoisotopic (exact) mass is 216 g/mol. The Kier molecular flexibility index (Phi) is 3.01. The lowest BCUT2D eigenvalue weighted by atomic mass is 9.91. The number of hydrogen-bond acceptors (Lipinski definition) is 1. The molecule has 0 aliphatic carbocycles. The van der Waals surface area contributed by atoms with Gasteiger partial charge in [0.15, 0.2) is 0 Å². The predicted molar refractivity (Wildman–Crippen MR) is 69.4 cm³/mol. The number of H-pyrrole nitrogens is 1. The summed E-state index contributed by atoms with van der Waals surface area (Å²) in [6.45, 7) is 6.51. The molecule has 16 heavy (non-hydrogen) atoms. The van der Waals surface area contributed by atoms with Crippen LogP contribution < -0.4 is 5.73 Å². The number of fused-ring (bicyclic) bond motifs is 1. The molecule has 0 bridgehead atoms. The summed E-state index contributed by atoms with van der Waals surface area (Å²) < 4.78 is 0. The van der Waals surface area contributed by atoms with Crippen LogP contribution in [0.25, 0.3) is 10.9 Å². The molecule has 0 spiro atoms. The Morgan fingerprint density at radius 3 is 2.69 bits per heavy atom. The number of nitrogens with one attached hydrogen (secondary N) is 1. The molecule has 0 radical (unpaired) electrons. The second-order valence-corrected chi connectivity index (χ2v) is 4.62. The van der Waals surface area contributed by atoms with Gasteiger partial charge in [-0.2, -0.15) is 0 Å². The SMILES string of the molecule is CCC(C)[C@@H](N)c1c(C)[nH]c2ccccc12. The highest BCUT2D eigenvalue weighted by Crippen LogP contribution is 2.31. The van der Waals surface area contributed by atoms with Crippen LogP contribution in [0.1, 0.15) is 37.6 Å². The van der Waals surface area contributed by atoms with Gasteiger partial charge in [0.2, 0.25) is 0 Å². The van der Waals surface area contributed by atoms with Crippen LogP contribution >= 0.6 is 0 Å². The van der Waals surface area contributed by atoms with Gasteiger partial charge in [-0.25, -0.2) is 0 Å². The van der Waals surface area contributed by atoms with E-state index in [1.165, 1.54) is 22.2 Å². The molecule has 3 N–H and O–H groups in total. The summed E-state index contributed by atoms with van der Waals surface area (Å²) in [7, 11) is 0. The molecule has 2 aromatic rings. The van der Waals surface area contributed by atoms with Crippen LogP contribution in [0.15, 0.2) is 24.3 Å². The third kappa shape index (κ3) is 1.74. The molecule has 0 aliphatic heterocycles. The van der Waals surface area contributed by atoms with E-state index in [1.807, 2.05) is 0 Å². The molecule has 2 heteroatoms. The molecule has 1 heterocycles. The molecule has 0 aliphatic rings. The highest BCUT2D eigenvalue weighted by Gasteiger charge is 2.19. The van der Waals surface area contributed by atoms with Gasteiger partial charge in [-0.1, -0.05) is 38.5 Å². The molecular formula is C14H20N2. The number of rotatable bonds is 3. The van der Waals surface area contributed by atoms with E-state index in [9.17, 15) is 0 Å². The Morgan fingerprint density at radius 2 is 2.00 bits per heavy atom. The van der Waals surface area contributed by atoms with Crippen LogP contribution in [0.5, 0.6) is 0 Å². The average molecular weight is 216 g/mol. The normalized spacial score (nSPS) is 15.2. The van der Waals surface area contributed by atoms with Crippen molar-refractivity contribution in [2.45, 2.75) is 33.2 Å². The first-order chi connectivity index (χ1) is 7.65. The van der Waals surface area contributed by atoms with Crippen molar-refractivity contribution in [3.05, 3.63) is 35.5 Å². The maximum absolute atomic E-state index is 6.34. The zero-order valence-corrected chi connectivity index (χ0v) is 10.2. The van der Waals surface area contributed by atoms with E-state index < -0.39 is 0 Å². The van der Waals surface area contributed by atoms with E-state index in [1.54, 1.807) is 0 Å². The minimum atomic E-state index is 0.126. The maximum atomic E-state index is 6.34. The summed E-state index contributed by atoms with van der Waals surface area (Å²) in [6, 6.07) is 8.51. The molecule has 1 aromatic carbocycles. The second kappa shape index (κ2) is 4.30. The van der Waals surface area contributed by atoms with Gasteiger partial charge in [-0.05, 0) is 24.5 Å². The molecule has 0 saturated carbocycles. The summed E-state index contributed by atoms with van der Waals surface area (Å²) in [5, 5.41) is 1.27. The summed E-state index contributed by atoms with van der Waals surface area (Å²) in [5.74, 6) is 0.512. The molecule has 1 unspecified atom stereocenters. The van der Waals surface area contributed by atoms with Gasteiger partial charge in [-0.3, -0.25) is 0 Å². The first-order valence-corrected chi connectivity index (χ1v) is 5.98. The van der Waals surface area contributed by atoms with Crippen LogP contribution in [-0.2, 0) is 0 Å². The number of aromatic amines is 1. The van der Waals surface area contributed by atoms with Gasteiger partial charge in [-0.15, -0.1) is 0 Å². The van der Waals surface area contributed by atoms with Crippen molar-refractivity contribution in [3.63, 3.8) is 0 Å². The third-order valence-electron chi connectivity index (χ3n) is 3.53. The quantitative estimate of drug-likeness (QED) is 0.809. The molecule has 0 saturated heterocycles. The predicted octanol–water partition coefficient (Wildman–Crippen LogP) is 3.52. The van der Waals surface area contributed by atoms with E-state index in [0.717, 1.165) is 6.42 Å². The third-order valence-corrected chi connectivity index (χ3v) is 3.53. The highest BCUT2D eigenvalue weighted by molar-refractivity contribution is 5.85. The van der Waals surface area contributed by atoms with Crippen molar-refractivity contribution < 1.29 is 0 Å². The first kappa shape index (κ1) is 11.2. The number of hydrogen-bond donors (Lipinski definition) is 2. The molecule has 2 rings (SSSR count). The summed E-state index contributed by atoms with van der Waals surface area (Å²) in [4.78, 5) is 3.41. The fourth-order valence-electron chi connectivity index (χ4n) is 2.27. The molecule has 0 fully saturated rings. The second-order valence-electron chi connectivity index (χ2n) is 4.62. The largest absolute Gasteiger partial charge is 0.358 e. The highest BCUT2D eigenvalue weighted by atomic mass is 14.7. The zero-order chi connectivity index (χ0) is 11.7. The van der Waals surface area contributed by atoms with Crippen LogP contribution in [0, 0.1) is 12.8 Å². The van der Waals surface area contributed by atoms with Crippen molar-refractivity contribution in [3.8, 4) is 0 Å². The minimum absolute atomic E-state index is 0.126. The van der Waals surface area contributed by atoms with E-state index in [-0.39, 0.29) is 6.04 Å². The summed E-state index contributed by atoms with van der Waals surface area (Å²) >= 11 is 0. The fraction of sp³-hybridized carbons (Fsp3) is 0.429. The van der Waals surface area contributed by atoms with Gasteiger partial charge >= 0.3 is 0 Å². The molecular weight excluding hydrogens is 196 g/mol. The van der Waals surface area contributed by atoms with Gasteiger partial charge in [0.25, 0.3) is 0 Å². The van der Waals surface area contributed by atoms with Crippen molar-refractivity contribution in [1.29, 1.82) is 0 Å². The number of para-hydroxylation sites is 1. The van der Waals surface area contributed by atoms with E-state index in [0.29, 0.717) is 5.92 Å². The van der Waals surface area contributed by atoms with Crippen molar-refractivity contribution in [1.82, 2.24) is 4.98 Å². The molecule has 2 nitrogen and oxygen atoms in total. The zero-order valence-electron chi connectivity index (χ0n) is 10.2. The van der Waals surface area contributed by atoms with Gasteiger partial charge in [0.1, 0.15) is 0 Å². The van der Waals surface area contributed by atoms with Crippen molar-refractivity contribution >= 4 is 10.9 Å². The first-order valence-electron chi connectivity index (χ1n) is 5.98. The van der Waals surface area contributed by atoms with E-state index in [4.69, 9.17) is 5.73 Å². The molecule has 1 aromatic heterocycles. The van der Waals surface area contributed by atoms with Crippen LogP contribution in [0.3, 0.4) is 0 Å². The Morgan fingerprint density at radius 1 is 1.31 bits per heavy atom. The van der Waals surface area contributed by atoms with Crippen LogP contribution in [0.4, 0.5) is 0 Å². The molecule has 86 valence electrons. The number of nitrogens with two attached hydrogens (primary N) is 1. The maximum Gasteiger partial charge on any atom is 0.0459 e. The average Bonchev–Trinajstić information content (AvgIpc) is 2.63.